The van der Waals surface area contributed by atoms with Crippen LogP contribution in [0, 0.1) is 0 Å². The molecule has 0 radical (unpaired) electrons. The summed E-state index contributed by atoms with van der Waals surface area (Å²) in [7, 11) is 0. The number of hydrogen-bond donors (Lipinski definition) is 0. The van der Waals surface area contributed by atoms with Gasteiger partial charge in [-0.15, -0.1) is 8.78 Å². The smallest absolute Gasteiger partial charge is 0.395 e. The Kier molecular flexibility index (Phi) is 2.25. The van der Waals surface area contributed by atoms with Gasteiger partial charge in [0, 0.05) is 6.42 Å². The Hall–Kier alpha value is -1.37. The van der Waals surface area contributed by atoms with Crippen LogP contribution in [0.5, 0.6) is 11.5 Å². The van der Waals surface area contributed by atoms with E-state index in [4.69, 9.17) is 4.84 Å². The molecule has 0 amide bonds. The number of alkyl halides is 2. The second-order valence-corrected chi connectivity index (χ2v) is 4.55. The first kappa shape index (κ1) is 10.8. The van der Waals surface area contributed by atoms with Crippen molar-refractivity contribution in [3.8, 4) is 11.5 Å². The molecule has 1 aromatic rings. The molecule has 0 saturated heterocycles. The Balaban J connectivity index is 1.86. The molecule has 0 bridgehead atoms. The fourth-order valence-electron chi connectivity index (χ4n) is 1.69. The van der Waals surface area contributed by atoms with Crippen molar-refractivity contribution in [2.75, 3.05) is 0 Å². The highest BCUT2D eigenvalue weighted by Gasteiger charge is 2.43. The monoisotopic (exact) mass is 305 g/mol. The van der Waals surface area contributed by atoms with Gasteiger partial charge < -0.3 is 14.3 Å². The summed E-state index contributed by atoms with van der Waals surface area (Å²) in [6, 6.07) is 4.55. The molecule has 0 N–H and O–H groups in total. The zero-order valence-electron chi connectivity index (χ0n) is 8.32. The fraction of sp³-hybridized carbons (Fsp3) is 0.300. The van der Waals surface area contributed by atoms with E-state index >= 15 is 0 Å². The average molecular weight is 306 g/mol. The van der Waals surface area contributed by atoms with Gasteiger partial charge in [-0.2, -0.15) is 0 Å². The number of hydrogen-bond acceptors (Lipinski definition) is 4. The Bertz CT molecular complexity index is 506. The van der Waals surface area contributed by atoms with E-state index in [2.05, 4.69) is 30.6 Å². The zero-order valence-corrected chi connectivity index (χ0v) is 9.91. The number of fused-ring (bicyclic) bond motifs is 1. The Labute approximate surface area is 103 Å². The molecular formula is C10H6BrF2NO3. The first-order valence-corrected chi connectivity index (χ1v) is 5.61. The molecule has 2 heterocycles. The third kappa shape index (κ3) is 1.95. The Morgan fingerprint density at radius 2 is 2.06 bits per heavy atom. The van der Waals surface area contributed by atoms with E-state index < -0.39 is 6.29 Å². The van der Waals surface area contributed by atoms with Crippen LogP contribution in [0.2, 0.25) is 0 Å². The molecule has 4 nitrogen and oxygen atoms in total. The van der Waals surface area contributed by atoms with Crippen molar-refractivity contribution >= 4 is 20.6 Å². The first-order chi connectivity index (χ1) is 8.03. The minimum Gasteiger partial charge on any atom is -0.395 e. The van der Waals surface area contributed by atoms with Gasteiger partial charge in [0.2, 0.25) is 0 Å². The van der Waals surface area contributed by atoms with E-state index in [0.29, 0.717) is 16.6 Å². The molecule has 0 fully saturated rings. The predicted molar refractivity (Wildman–Crippen MR) is 57.5 cm³/mol. The summed E-state index contributed by atoms with van der Waals surface area (Å²) in [4.78, 5) is 5.12. The fourth-order valence-corrected chi connectivity index (χ4v) is 2.07. The van der Waals surface area contributed by atoms with Crippen LogP contribution in [-0.4, -0.2) is 10.9 Å². The van der Waals surface area contributed by atoms with Crippen molar-refractivity contribution in [1.82, 2.24) is 0 Å². The molecule has 0 spiro atoms. The molecular weight excluding hydrogens is 300 g/mol. The number of halogens is 3. The van der Waals surface area contributed by atoms with E-state index in [9.17, 15) is 8.78 Å². The topological polar surface area (TPSA) is 40.0 Å². The minimum atomic E-state index is -3.59. The minimum absolute atomic E-state index is 0.0131. The lowest BCUT2D eigenvalue weighted by molar-refractivity contribution is -0.286. The second-order valence-electron chi connectivity index (χ2n) is 3.64. The van der Waals surface area contributed by atoms with Crippen molar-refractivity contribution in [3.63, 3.8) is 0 Å². The third-order valence-corrected chi connectivity index (χ3v) is 2.90. The molecule has 2 aliphatic heterocycles. The standard InChI is InChI=1S/C10H6BrF2NO3/c11-9-4-7(17-14-9)5-1-2-6-8(3-5)16-10(12,13)15-6/h1-3,7H,4H2/t7-/m1/s1. The summed E-state index contributed by atoms with van der Waals surface area (Å²) >= 11 is 3.21. The summed E-state index contributed by atoms with van der Waals surface area (Å²) in [5.74, 6) is 0.0378. The average Bonchev–Trinajstić information content (AvgIpc) is 2.78. The predicted octanol–water partition coefficient (Wildman–Crippen LogP) is 3.18. The van der Waals surface area contributed by atoms with Crippen molar-refractivity contribution in [3.05, 3.63) is 23.8 Å². The Morgan fingerprint density at radius 1 is 1.29 bits per heavy atom. The van der Waals surface area contributed by atoms with Crippen LogP contribution in [0.4, 0.5) is 8.78 Å². The highest BCUT2D eigenvalue weighted by atomic mass is 79.9. The number of oxime groups is 1. The van der Waals surface area contributed by atoms with Gasteiger partial charge in [-0.3, -0.25) is 0 Å². The molecule has 0 unspecified atom stereocenters. The first-order valence-electron chi connectivity index (χ1n) is 4.81. The van der Waals surface area contributed by atoms with Crippen LogP contribution >= 0.6 is 15.9 Å². The summed E-state index contributed by atoms with van der Waals surface area (Å²) in [5, 5.41) is 3.73. The van der Waals surface area contributed by atoms with Crippen LogP contribution in [0.1, 0.15) is 18.1 Å². The molecule has 90 valence electrons. The summed E-state index contributed by atoms with van der Waals surface area (Å²) in [6.07, 6.45) is -3.31. The lowest BCUT2D eigenvalue weighted by Gasteiger charge is -2.08. The number of nitrogens with zero attached hydrogens (tertiary/aromatic N) is 1. The van der Waals surface area contributed by atoms with E-state index in [1.807, 2.05) is 0 Å². The molecule has 1 atom stereocenters. The molecule has 2 aliphatic rings. The van der Waals surface area contributed by atoms with E-state index in [1.165, 1.54) is 12.1 Å². The van der Waals surface area contributed by atoms with Crippen LogP contribution in [-0.2, 0) is 4.84 Å². The molecule has 17 heavy (non-hydrogen) atoms. The van der Waals surface area contributed by atoms with Gasteiger partial charge in [-0.05, 0) is 33.6 Å². The van der Waals surface area contributed by atoms with Crippen molar-refractivity contribution < 1.29 is 23.1 Å². The highest BCUT2D eigenvalue weighted by molar-refractivity contribution is 9.18. The lowest BCUT2D eigenvalue weighted by atomic mass is 10.1. The quantitative estimate of drug-likeness (QED) is 0.800. The second kappa shape index (κ2) is 3.56. The van der Waals surface area contributed by atoms with Crippen LogP contribution < -0.4 is 9.47 Å². The summed E-state index contributed by atoms with van der Waals surface area (Å²) in [6.45, 7) is 0. The van der Waals surface area contributed by atoms with E-state index in [1.54, 1.807) is 6.07 Å². The summed E-state index contributed by atoms with van der Waals surface area (Å²) < 4.78 is 34.9. The van der Waals surface area contributed by atoms with Gasteiger partial charge in [-0.1, -0.05) is 11.2 Å². The van der Waals surface area contributed by atoms with Gasteiger partial charge in [-0.25, -0.2) is 0 Å². The summed E-state index contributed by atoms with van der Waals surface area (Å²) in [5.41, 5.74) is 0.711. The maximum Gasteiger partial charge on any atom is 0.586 e. The molecule has 0 aliphatic carbocycles. The molecule has 0 aromatic heterocycles. The van der Waals surface area contributed by atoms with Gasteiger partial charge in [0.05, 0.1) is 0 Å². The molecule has 0 saturated carbocycles. The maximum absolute atomic E-state index is 12.8. The Morgan fingerprint density at radius 3 is 2.76 bits per heavy atom. The van der Waals surface area contributed by atoms with Crippen molar-refractivity contribution in [2.24, 2.45) is 5.16 Å². The number of ether oxygens (including phenoxy) is 2. The normalized spacial score (nSPS) is 24.4. The molecule has 7 heteroatoms. The maximum atomic E-state index is 12.8. The van der Waals surface area contributed by atoms with Gasteiger partial charge in [0.25, 0.3) is 0 Å². The number of benzene rings is 1. The third-order valence-electron chi connectivity index (χ3n) is 2.43. The number of rotatable bonds is 1. The SMILES string of the molecule is FC1(F)Oc2ccc([C@H]3CC(Br)=NO3)cc2O1. The van der Waals surface area contributed by atoms with Gasteiger partial charge >= 0.3 is 6.29 Å². The van der Waals surface area contributed by atoms with Crippen LogP contribution in [0.25, 0.3) is 0 Å². The van der Waals surface area contributed by atoms with E-state index in [-0.39, 0.29) is 17.6 Å². The molecule has 3 rings (SSSR count). The van der Waals surface area contributed by atoms with Crippen LogP contribution in [0.3, 0.4) is 0 Å². The highest BCUT2D eigenvalue weighted by Crippen LogP contribution is 2.43. The van der Waals surface area contributed by atoms with Gasteiger partial charge in [0.15, 0.2) is 17.6 Å². The van der Waals surface area contributed by atoms with E-state index in [0.717, 1.165) is 0 Å². The van der Waals surface area contributed by atoms with Gasteiger partial charge in [0.1, 0.15) is 4.62 Å². The van der Waals surface area contributed by atoms with Crippen molar-refractivity contribution in [2.45, 2.75) is 18.8 Å². The lowest BCUT2D eigenvalue weighted by Crippen LogP contribution is -2.25. The molecule has 1 aromatic carbocycles. The largest absolute Gasteiger partial charge is 0.586 e. The van der Waals surface area contributed by atoms with Crippen molar-refractivity contribution in [1.29, 1.82) is 0 Å². The zero-order chi connectivity index (χ0) is 12.0. The van der Waals surface area contributed by atoms with Crippen LogP contribution in [0.15, 0.2) is 23.4 Å².